The lowest BCUT2D eigenvalue weighted by Gasteiger charge is -2.27. The van der Waals surface area contributed by atoms with Crippen LogP contribution in [0.1, 0.15) is 35.0 Å². The van der Waals surface area contributed by atoms with Crippen LogP contribution in [0.5, 0.6) is 0 Å². The Morgan fingerprint density at radius 3 is 2.57 bits per heavy atom. The second kappa shape index (κ2) is 7.16. The van der Waals surface area contributed by atoms with E-state index in [2.05, 4.69) is 72.1 Å². The summed E-state index contributed by atoms with van der Waals surface area (Å²) in [6, 6.07) is 4.67. The van der Waals surface area contributed by atoms with Gasteiger partial charge in [0.15, 0.2) is 5.65 Å². The van der Waals surface area contributed by atoms with Crippen LogP contribution in [-0.2, 0) is 11.2 Å². The quantitative estimate of drug-likeness (QED) is 0.582. The number of fused-ring (bicyclic) bond motifs is 3. The molecule has 0 fully saturated rings. The van der Waals surface area contributed by atoms with E-state index in [9.17, 15) is 0 Å². The van der Waals surface area contributed by atoms with E-state index in [0.29, 0.717) is 6.61 Å². The maximum atomic E-state index is 5.42. The van der Waals surface area contributed by atoms with Gasteiger partial charge in [0.25, 0.3) is 0 Å². The van der Waals surface area contributed by atoms with E-state index in [1.165, 1.54) is 28.1 Å². The molecule has 0 bridgehead atoms. The van der Waals surface area contributed by atoms with Crippen LogP contribution in [0.25, 0.3) is 16.8 Å². The predicted octanol–water partition coefficient (Wildman–Crippen LogP) is 4.79. The van der Waals surface area contributed by atoms with E-state index < -0.39 is 0 Å². The Morgan fingerprint density at radius 2 is 1.89 bits per heavy atom. The Bertz CT molecular complexity index is 1050. The van der Waals surface area contributed by atoms with Crippen LogP contribution >= 0.6 is 15.9 Å². The molecule has 0 saturated carbocycles. The molecule has 2 aromatic heterocycles. The molecule has 4 rings (SSSR count). The average molecular weight is 443 g/mol. The number of hydrogen-bond acceptors (Lipinski definition) is 4. The van der Waals surface area contributed by atoms with Crippen LogP contribution in [0.3, 0.4) is 0 Å². The van der Waals surface area contributed by atoms with Gasteiger partial charge >= 0.3 is 0 Å². The van der Waals surface area contributed by atoms with Crippen LogP contribution in [-0.4, -0.2) is 40.9 Å². The summed E-state index contributed by atoms with van der Waals surface area (Å²) in [5, 5.41) is 4.95. The zero-order valence-electron chi connectivity index (χ0n) is 17.4. The molecule has 0 amide bonds. The minimum absolute atomic E-state index is 0.289. The summed E-state index contributed by atoms with van der Waals surface area (Å²) in [6.07, 6.45) is 1.000. The zero-order valence-corrected chi connectivity index (χ0v) is 19.0. The maximum absolute atomic E-state index is 5.42. The molecule has 1 atom stereocenters. The molecule has 0 radical (unpaired) electrons. The molecule has 148 valence electrons. The summed E-state index contributed by atoms with van der Waals surface area (Å²) in [5.74, 6) is 1.17. The standard InChI is InChI=1S/C22H27BrN4O/c1-12-9-13(2)19(18(23)10-12)20-16(5)25-27-21(20)24-15(4)17-7-8-26(22(17)27)14(3)11-28-6/h9-10,14H,7-8,11H2,1-6H3. The second-order valence-electron chi connectivity index (χ2n) is 7.88. The maximum Gasteiger partial charge on any atom is 0.165 e. The lowest BCUT2D eigenvalue weighted by Crippen LogP contribution is -2.36. The van der Waals surface area contributed by atoms with Gasteiger partial charge in [-0.1, -0.05) is 22.0 Å². The van der Waals surface area contributed by atoms with Crippen LogP contribution in [0, 0.1) is 27.7 Å². The monoisotopic (exact) mass is 442 g/mol. The molecule has 0 spiro atoms. The van der Waals surface area contributed by atoms with Gasteiger partial charge in [0.2, 0.25) is 0 Å². The lowest BCUT2D eigenvalue weighted by atomic mass is 9.99. The molecular weight excluding hydrogens is 416 g/mol. The van der Waals surface area contributed by atoms with Crippen molar-refractivity contribution in [3.63, 3.8) is 0 Å². The fourth-order valence-electron chi connectivity index (χ4n) is 4.49. The predicted molar refractivity (Wildman–Crippen MR) is 117 cm³/mol. The highest BCUT2D eigenvalue weighted by Crippen LogP contribution is 2.40. The number of ether oxygens (including phenoxy) is 1. The Kier molecular flexibility index (Phi) is 4.96. The number of methoxy groups -OCH3 is 1. The zero-order chi connectivity index (χ0) is 20.2. The average Bonchev–Trinajstić information content (AvgIpc) is 3.18. The number of benzene rings is 1. The first-order valence-corrected chi connectivity index (χ1v) is 10.5. The number of aryl methyl sites for hydroxylation is 4. The summed E-state index contributed by atoms with van der Waals surface area (Å²) in [7, 11) is 1.76. The van der Waals surface area contributed by atoms with Crippen LogP contribution in [0.4, 0.5) is 5.82 Å². The van der Waals surface area contributed by atoms with Gasteiger partial charge in [-0.2, -0.15) is 9.61 Å². The van der Waals surface area contributed by atoms with Crippen molar-refractivity contribution in [2.24, 2.45) is 0 Å². The molecule has 1 aliphatic heterocycles. The minimum atomic E-state index is 0.289. The van der Waals surface area contributed by atoms with Gasteiger partial charge in [0, 0.05) is 34.9 Å². The fourth-order valence-corrected chi connectivity index (χ4v) is 5.37. The normalized spacial score (nSPS) is 14.8. The van der Waals surface area contributed by atoms with Gasteiger partial charge in [0.1, 0.15) is 5.82 Å². The van der Waals surface area contributed by atoms with E-state index in [1.54, 1.807) is 7.11 Å². The number of anilines is 1. The Labute approximate surface area is 174 Å². The van der Waals surface area contributed by atoms with E-state index >= 15 is 0 Å². The van der Waals surface area contributed by atoms with Crippen molar-refractivity contribution < 1.29 is 4.74 Å². The molecule has 1 aromatic carbocycles. The van der Waals surface area contributed by atoms with Gasteiger partial charge in [0.05, 0.1) is 23.9 Å². The van der Waals surface area contributed by atoms with Crippen LogP contribution < -0.4 is 4.90 Å². The third-order valence-corrected chi connectivity index (χ3v) is 6.34. The minimum Gasteiger partial charge on any atom is -0.383 e. The van der Waals surface area contributed by atoms with Crippen molar-refractivity contribution in [3.8, 4) is 11.1 Å². The Hall–Kier alpha value is -1.92. The van der Waals surface area contributed by atoms with Crippen molar-refractivity contribution in [2.75, 3.05) is 25.2 Å². The third-order valence-electron chi connectivity index (χ3n) is 5.71. The van der Waals surface area contributed by atoms with E-state index in [0.717, 1.165) is 40.0 Å². The first kappa shape index (κ1) is 19.4. The SMILES string of the molecule is COCC(C)N1CCc2c(C)nc3c(-c4c(C)cc(C)cc4Br)c(C)nn3c21. The van der Waals surface area contributed by atoms with E-state index in [4.69, 9.17) is 14.8 Å². The van der Waals surface area contributed by atoms with Gasteiger partial charge in [-0.25, -0.2) is 4.98 Å². The number of aromatic nitrogens is 3. The Balaban J connectivity index is 2.00. The highest BCUT2D eigenvalue weighted by Gasteiger charge is 2.31. The van der Waals surface area contributed by atoms with Gasteiger partial charge in [-0.15, -0.1) is 0 Å². The summed E-state index contributed by atoms with van der Waals surface area (Å²) < 4.78 is 8.56. The number of rotatable bonds is 4. The lowest BCUT2D eigenvalue weighted by molar-refractivity contribution is 0.182. The first-order valence-electron chi connectivity index (χ1n) is 9.75. The molecular formula is C22H27BrN4O. The molecule has 3 heterocycles. The fraction of sp³-hybridized carbons (Fsp3) is 0.455. The highest BCUT2D eigenvalue weighted by atomic mass is 79.9. The largest absolute Gasteiger partial charge is 0.383 e. The first-order chi connectivity index (χ1) is 13.3. The van der Waals surface area contributed by atoms with Crippen molar-refractivity contribution in [2.45, 2.75) is 47.1 Å². The van der Waals surface area contributed by atoms with E-state index in [-0.39, 0.29) is 6.04 Å². The van der Waals surface area contributed by atoms with Crippen LogP contribution in [0.2, 0.25) is 0 Å². The van der Waals surface area contributed by atoms with Crippen molar-refractivity contribution in [3.05, 3.63) is 44.7 Å². The smallest absolute Gasteiger partial charge is 0.165 e. The molecule has 0 N–H and O–H groups in total. The molecule has 1 aliphatic rings. The summed E-state index contributed by atoms with van der Waals surface area (Å²) >= 11 is 3.78. The molecule has 3 aromatic rings. The molecule has 28 heavy (non-hydrogen) atoms. The van der Waals surface area contributed by atoms with Crippen molar-refractivity contribution in [1.82, 2.24) is 14.6 Å². The molecule has 0 aliphatic carbocycles. The Morgan fingerprint density at radius 1 is 1.14 bits per heavy atom. The van der Waals surface area contributed by atoms with Gasteiger partial charge in [-0.3, -0.25) is 0 Å². The van der Waals surface area contributed by atoms with Gasteiger partial charge < -0.3 is 9.64 Å². The summed E-state index contributed by atoms with van der Waals surface area (Å²) in [6.45, 7) is 12.3. The molecule has 6 heteroatoms. The topological polar surface area (TPSA) is 42.7 Å². The molecule has 5 nitrogen and oxygen atoms in total. The second-order valence-corrected chi connectivity index (χ2v) is 8.74. The number of halogens is 1. The van der Waals surface area contributed by atoms with Crippen molar-refractivity contribution in [1.29, 1.82) is 0 Å². The van der Waals surface area contributed by atoms with Gasteiger partial charge in [-0.05, 0) is 58.2 Å². The molecule has 0 saturated heterocycles. The third kappa shape index (κ3) is 2.94. The number of nitrogens with zero attached hydrogens (tertiary/aromatic N) is 4. The number of hydrogen-bond donors (Lipinski definition) is 0. The summed E-state index contributed by atoms with van der Waals surface area (Å²) in [5.41, 5.74) is 9.08. The highest BCUT2D eigenvalue weighted by molar-refractivity contribution is 9.10. The summed E-state index contributed by atoms with van der Waals surface area (Å²) in [4.78, 5) is 7.42. The van der Waals surface area contributed by atoms with Crippen molar-refractivity contribution >= 4 is 27.4 Å². The van der Waals surface area contributed by atoms with Crippen LogP contribution in [0.15, 0.2) is 16.6 Å². The van der Waals surface area contributed by atoms with E-state index in [1.807, 2.05) is 0 Å². The molecule has 1 unspecified atom stereocenters.